The van der Waals surface area contributed by atoms with Gasteiger partial charge in [-0.05, 0) is 47.1 Å². The lowest BCUT2D eigenvalue weighted by Crippen LogP contribution is -2.24. The van der Waals surface area contributed by atoms with Gasteiger partial charge in [0.1, 0.15) is 5.69 Å². The van der Waals surface area contributed by atoms with Crippen LogP contribution in [-0.2, 0) is 5.41 Å². The summed E-state index contributed by atoms with van der Waals surface area (Å²) in [6.07, 6.45) is 1.10. The van der Waals surface area contributed by atoms with Crippen LogP contribution in [-0.4, -0.2) is 0 Å². The molecule has 0 spiro atoms. The number of anilines is 1. The molecule has 0 radical (unpaired) electrons. The first-order chi connectivity index (χ1) is 10.7. The number of hydrogen-bond donors (Lipinski definition) is 1. The molecule has 0 fully saturated rings. The third-order valence-corrected chi connectivity index (χ3v) is 3.81. The number of benzene rings is 2. The van der Waals surface area contributed by atoms with Gasteiger partial charge in [-0.3, -0.25) is 0 Å². The first-order valence-corrected chi connectivity index (χ1v) is 8.04. The highest BCUT2D eigenvalue weighted by Crippen LogP contribution is 2.37. The molecule has 3 nitrogen and oxygen atoms in total. The van der Waals surface area contributed by atoms with Gasteiger partial charge < -0.3 is 5.73 Å². The summed E-state index contributed by atoms with van der Waals surface area (Å²) in [5.74, 6) is 0. The van der Waals surface area contributed by atoms with Crippen LogP contribution in [0.15, 0.2) is 58.8 Å². The van der Waals surface area contributed by atoms with Gasteiger partial charge in [0.15, 0.2) is 0 Å². The highest BCUT2D eigenvalue weighted by Gasteiger charge is 2.27. The molecule has 0 aliphatic carbocycles. The molecule has 0 amide bonds. The number of nitrogens with two attached hydrogens (primary N) is 1. The quantitative estimate of drug-likeness (QED) is 0.515. The van der Waals surface area contributed by atoms with Crippen molar-refractivity contribution in [2.45, 2.75) is 46.5 Å². The number of azo groups is 1. The van der Waals surface area contributed by atoms with Crippen LogP contribution in [0.3, 0.4) is 0 Å². The smallest absolute Gasteiger partial charge is 0.109 e. The summed E-state index contributed by atoms with van der Waals surface area (Å²) in [6, 6.07) is 15.8. The maximum atomic E-state index is 5.90. The van der Waals surface area contributed by atoms with E-state index in [1.807, 2.05) is 36.4 Å². The van der Waals surface area contributed by atoms with Crippen molar-refractivity contribution in [1.82, 2.24) is 0 Å². The largest absolute Gasteiger partial charge is 0.397 e. The van der Waals surface area contributed by atoms with Gasteiger partial charge in [-0.25, -0.2) is 0 Å². The fourth-order valence-electron chi connectivity index (χ4n) is 3.11. The summed E-state index contributed by atoms with van der Waals surface area (Å²) in [7, 11) is 0. The minimum atomic E-state index is 0.0928. The van der Waals surface area contributed by atoms with Crippen molar-refractivity contribution in [1.29, 1.82) is 0 Å². The van der Waals surface area contributed by atoms with Crippen molar-refractivity contribution in [2.75, 3.05) is 5.73 Å². The van der Waals surface area contributed by atoms with Gasteiger partial charge in [-0.2, -0.15) is 5.11 Å². The van der Waals surface area contributed by atoms with E-state index in [4.69, 9.17) is 5.73 Å². The second kappa shape index (κ2) is 6.53. The molecule has 0 atom stereocenters. The van der Waals surface area contributed by atoms with Gasteiger partial charge in [-0.15, -0.1) is 5.11 Å². The third-order valence-electron chi connectivity index (χ3n) is 3.81. The molecular formula is C20H27N3. The topological polar surface area (TPSA) is 50.7 Å². The number of para-hydroxylation sites is 1. The summed E-state index contributed by atoms with van der Waals surface area (Å²) in [4.78, 5) is 0. The molecule has 0 aromatic heterocycles. The summed E-state index contributed by atoms with van der Waals surface area (Å²) in [6.45, 7) is 11.4. The van der Waals surface area contributed by atoms with E-state index < -0.39 is 0 Å². The third kappa shape index (κ3) is 4.92. The molecule has 2 N–H and O–H groups in total. The minimum absolute atomic E-state index is 0.0928. The summed E-state index contributed by atoms with van der Waals surface area (Å²) in [5.41, 5.74) is 9.75. The normalized spacial score (nSPS) is 12.7. The Bertz CT molecular complexity index is 694. The zero-order valence-corrected chi connectivity index (χ0v) is 14.8. The fourth-order valence-corrected chi connectivity index (χ4v) is 3.11. The highest BCUT2D eigenvalue weighted by atomic mass is 15.1. The van der Waals surface area contributed by atoms with Crippen molar-refractivity contribution >= 4 is 17.1 Å². The first-order valence-electron chi connectivity index (χ1n) is 8.04. The van der Waals surface area contributed by atoms with Crippen molar-refractivity contribution in [2.24, 2.45) is 15.6 Å². The summed E-state index contributed by atoms with van der Waals surface area (Å²) in [5, 5.41) is 8.63. The van der Waals surface area contributed by atoms with Gasteiger partial charge in [0.05, 0.1) is 11.4 Å². The standard InChI is InChI=1S/C20H27N3/c1-19(2,3)14-20(4,5)15-9-8-10-16(13-15)22-23-18-12-7-6-11-17(18)21/h6-13H,14,21H2,1-5H3. The summed E-state index contributed by atoms with van der Waals surface area (Å²) < 4.78 is 0. The van der Waals surface area contributed by atoms with Crippen LogP contribution >= 0.6 is 0 Å². The Morgan fingerprint density at radius 1 is 0.870 bits per heavy atom. The van der Waals surface area contributed by atoms with Crippen molar-refractivity contribution in [3.63, 3.8) is 0 Å². The molecule has 2 rings (SSSR count). The fraction of sp³-hybridized carbons (Fsp3) is 0.400. The predicted octanol–water partition coefficient (Wildman–Crippen LogP) is 6.40. The zero-order chi connectivity index (χ0) is 17.1. The number of nitrogens with zero attached hydrogens (tertiary/aromatic N) is 2. The van der Waals surface area contributed by atoms with Crippen LogP contribution in [0.2, 0.25) is 0 Å². The Hall–Kier alpha value is -2.16. The van der Waals surface area contributed by atoms with E-state index in [1.165, 1.54) is 5.56 Å². The molecule has 0 saturated heterocycles. The Morgan fingerprint density at radius 3 is 2.22 bits per heavy atom. The molecule has 0 unspecified atom stereocenters. The van der Waals surface area contributed by atoms with Crippen LogP contribution in [0.25, 0.3) is 0 Å². The van der Waals surface area contributed by atoms with Crippen molar-refractivity contribution in [3.8, 4) is 0 Å². The number of rotatable bonds is 4. The van der Waals surface area contributed by atoms with Gasteiger partial charge in [-0.1, -0.05) is 58.9 Å². The number of hydrogen-bond acceptors (Lipinski definition) is 3. The van der Waals surface area contributed by atoms with Gasteiger partial charge in [0.2, 0.25) is 0 Å². The minimum Gasteiger partial charge on any atom is -0.397 e. The second-order valence-electron chi connectivity index (χ2n) is 7.93. The van der Waals surface area contributed by atoms with Gasteiger partial charge in [0.25, 0.3) is 0 Å². The molecule has 2 aromatic carbocycles. The Kier molecular flexibility index (Phi) is 4.88. The van der Waals surface area contributed by atoms with E-state index in [2.05, 4.69) is 57.0 Å². The maximum Gasteiger partial charge on any atom is 0.109 e. The lowest BCUT2D eigenvalue weighted by molar-refractivity contribution is 0.284. The highest BCUT2D eigenvalue weighted by molar-refractivity contribution is 5.61. The molecule has 0 saturated carbocycles. The average Bonchev–Trinajstić information content (AvgIpc) is 2.44. The lowest BCUT2D eigenvalue weighted by atomic mass is 9.72. The van der Waals surface area contributed by atoms with Crippen LogP contribution < -0.4 is 5.73 Å². The van der Waals surface area contributed by atoms with E-state index >= 15 is 0 Å². The van der Waals surface area contributed by atoms with Crippen molar-refractivity contribution < 1.29 is 0 Å². The average molecular weight is 309 g/mol. The van der Waals surface area contributed by atoms with Crippen LogP contribution in [0.5, 0.6) is 0 Å². The lowest BCUT2D eigenvalue weighted by Gasteiger charge is -2.33. The van der Waals surface area contributed by atoms with Crippen molar-refractivity contribution in [3.05, 3.63) is 54.1 Å². The molecule has 23 heavy (non-hydrogen) atoms. The van der Waals surface area contributed by atoms with Gasteiger partial charge in [0, 0.05) is 0 Å². The molecule has 122 valence electrons. The molecular weight excluding hydrogens is 282 g/mol. The first kappa shape index (κ1) is 17.2. The molecule has 0 aliphatic heterocycles. The van der Waals surface area contributed by atoms with Crippen LogP contribution in [0.1, 0.15) is 46.6 Å². The molecule has 0 bridgehead atoms. The zero-order valence-electron chi connectivity index (χ0n) is 14.8. The molecule has 2 aromatic rings. The SMILES string of the molecule is CC(C)(C)CC(C)(C)c1cccc(N=Nc2ccccc2N)c1. The molecule has 0 heterocycles. The van der Waals surface area contributed by atoms with E-state index in [-0.39, 0.29) is 10.8 Å². The Morgan fingerprint density at radius 2 is 1.57 bits per heavy atom. The number of nitrogen functional groups attached to an aromatic ring is 1. The molecule has 0 aliphatic rings. The van der Waals surface area contributed by atoms with Gasteiger partial charge >= 0.3 is 0 Å². The predicted molar refractivity (Wildman–Crippen MR) is 98.6 cm³/mol. The molecule has 3 heteroatoms. The van der Waals surface area contributed by atoms with E-state index in [9.17, 15) is 0 Å². The monoisotopic (exact) mass is 309 g/mol. The van der Waals surface area contributed by atoms with E-state index in [1.54, 1.807) is 0 Å². The second-order valence-corrected chi connectivity index (χ2v) is 7.93. The van der Waals surface area contributed by atoms with Crippen LogP contribution in [0, 0.1) is 5.41 Å². The van der Waals surface area contributed by atoms with Crippen LogP contribution in [0.4, 0.5) is 17.1 Å². The van der Waals surface area contributed by atoms with E-state index in [0.717, 1.165) is 12.1 Å². The Balaban J connectivity index is 2.25. The van der Waals surface area contributed by atoms with E-state index in [0.29, 0.717) is 11.4 Å². The maximum absolute atomic E-state index is 5.90. The summed E-state index contributed by atoms with van der Waals surface area (Å²) >= 11 is 0. The Labute approximate surface area is 139 Å².